The highest BCUT2D eigenvalue weighted by atomic mass is 32.1. The Labute approximate surface area is 93.0 Å². The van der Waals surface area contributed by atoms with E-state index in [-0.39, 0.29) is 17.7 Å². The summed E-state index contributed by atoms with van der Waals surface area (Å²) in [4.78, 5) is 11.9. The third-order valence-corrected chi connectivity index (χ3v) is 3.48. The Kier molecular flexibility index (Phi) is 3.43. The maximum Gasteiger partial charge on any atom is 0.142 e. The van der Waals surface area contributed by atoms with Crippen molar-refractivity contribution in [1.82, 2.24) is 9.59 Å². The zero-order valence-electron chi connectivity index (χ0n) is 8.56. The van der Waals surface area contributed by atoms with Gasteiger partial charge in [0, 0.05) is 17.3 Å². The van der Waals surface area contributed by atoms with Crippen molar-refractivity contribution in [3.63, 3.8) is 0 Å². The van der Waals surface area contributed by atoms with Gasteiger partial charge in [-0.2, -0.15) is 0 Å². The molecule has 0 aliphatic heterocycles. The highest BCUT2D eigenvalue weighted by Crippen LogP contribution is 2.24. The Morgan fingerprint density at radius 2 is 2.47 bits per heavy atom. The van der Waals surface area contributed by atoms with Crippen LogP contribution in [-0.4, -0.2) is 21.4 Å². The second kappa shape index (κ2) is 4.81. The molecule has 1 heterocycles. The Bertz CT molecular complexity index is 325. The van der Waals surface area contributed by atoms with Gasteiger partial charge < -0.3 is 5.73 Å². The molecule has 2 N–H and O–H groups in total. The fraction of sp³-hybridized carbons (Fsp3) is 0.700. The summed E-state index contributed by atoms with van der Waals surface area (Å²) in [5.74, 6) is 0.424. The predicted molar refractivity (Wildman–Crippen MR) is 58.6 cm³/mol. The Balaban J connectivity index is 1.90. The quantitative estimate of drug-likeness (QED) is 0.838. The minimum absolute atomic E-state index is 0.149. The summed E-state index contributed by atoms with van der Waals surface area (Å²) in [6.45, 7) is 0. The van der Waals surface area contributed by atoms with Crippen LogP contribution in [0.15, 0.2) is 5.38 Å². The van der Waals surface area contributed by atoms with Crippen LogP contribution in [0.25, 0.3) is 0 Å². The van der Waals surface area contributed by atoms with Gasteiger partial charge >= 0.3 is 0 Å². The molecule has 2 atom stereocenters. The van der Waals surface area contributed by atoms with Crippen LogP contribution < -0.4 is 5.73 Å². The second-order valence-corrected chi connectivity index (χ2v) is 4.77. The molecule has 82 valence electrons. The van der Waals surface area contributed by atoms with E-state index in [0.717, 1.165) is 31.4 Å². The monoisotopic (exact) mass is 225 g/mol. The molecule has 0 saturated heterocycles. The molecule has 1 aromatic rings. The third kappa shape index (κ3) is 2.82. The van der Waals surface area contributed by atoms with Gasteiger partial charge in [0.2, 0.25) is 0 Å². The van der Waals surface area contributed by atoms with E-state index in [1.807, 2.05) is 5.38 Å². The fourth-order valence-corrected chi connectivity index (χ4v) is 2.56. The summed E-state index contributed by atoms with van der Waals surface area (Å²) in [6, 6.07) is 0.209. The minimum Gasteiger partial charge on any atom is -0.328 e. The van der Waals surface area contributed by atoms with Gasteiger partial charge in [0.1, 0.15) is 5.78 Å². The maximum absolute atomic E-state index is 11.9. The van der Waals surface area contributed by atoms with Crippen molar-refractivity contribution >= 4 is 17.3 Å². The highest BCUT2D eigenvalue weighted by molar-refractivity contribution is 7.03. The normalized spacial score (nSPS) is 26.5. The zero-order chi connectivity index (χ0) is 10.7. The van der Waals surface area contributed by atoms with Crippen LogP contribution in [-0.2, 0) is 11.2 Å². The van der Waals surface area contributed by atoms with Gasteiger partial charge in [0.25, 0.3) is 0 Å². The topological polar surface area (TPSA) is 68.9 Å². The number of aromatic nitrogens is 2. The van der Waals surface area contributed by atoms with Gasteiger partial charge in [-0.05, 0) is 30.8 Å². The van der Waals surface area contributed by atoms with Gasteiger partial charge in [0.15, 0.2) is 0 Å². The van der Waals surface area contributed by atoms with E-state index in [1.165, 1.54) is 11.5 Å². The van der Waals surface area contributed by atoms with Gasteiger partial charge in [-0.1, -0.05) is 10.9 Å². The molecule has 1 aromatic heterocycles. The number of nitrogens with two attached hydrogens (primary N) is 1. The van der Waals surface area contributed by atoms with E-state index in [0.29, 0.717) is 6.42 Å². The lowest BCUT2D eigenvalue weighted by Crippen LogP contribution is -2.32. The van der Waals surface area contributed by atoms with Crippen molar-refractivity contribution < 1.29 is 4.79 Å². The maximum atomic E-state index is 11.9. The van der Waals surface area contributed by atoms with Gasteiger partial charge in [-0.3, -0.25) is 4.79 Å². The van der Waals surface area contributed by atoms with E-state index >= 15 is 0 Å². The van der Waals surface area contributed by atoms with Crippen LogP contribution >= 0.6 is 11.5 Å². The molecule has 5 heteroatoms. The van der Waals surface area contributed by atoms with Crippen LogP contribution in [0.4, 0.5) is 0 Å². The van der Waals surface area contributed by atoms with Gasteiger partial charge in [0.05, 0.1) is 12.1 Å². The number of carbonyl (C=O) groups is 1. The average molecular weight is 225 g/mol. The zero-order valence-corrected chi connectivity index (χ0v) is 9.37. The lowest BCUT2D eigenvalue weighted by molar-refractivity contribution is -0.123. The Morgan fingerprint density at radius 3 is 3.13 bits per heavy atom. The lowest BCUT2D eigenvalue weighted by atomic mass is 9.82. The molecule has 2 unspecified atom stereocenters. The summed E-state index contributed by atoms with van der Waals surface area (Å²) < 4.78 is 3.75. The number of carbonyl (C=O) groups excluding carboxylic acids is 1. The summed E-state index contributed by atoms with van der Waals surface area (Å²) >= 11 is 1.29. The van der Waals surface area contributed by atoms with Gasteiger partial charge in [-0.25, -0.2) is 0 Å². The molecule has 4 nitrogen and oxygen atoms in total. The Morgan fingerprint density at radius 1 is 1.60 bits per heavy atom. The van der Waals surface area contributed by atoms with E-state index in [4.69, 9.17) is 5.73 Å². The largest absolute Gasteiger partial charge is 0.328 e. The highest BCUT2D eigenvalue weighted by Gasteiger charge is 2.25. The van der Waals surface area contributed by atoms with Crippen LogP contribution in [0.1, 0.15) is 31.4 Å². The van der Waals surface area contributed by atoms with E-state index < -0.39 is 0 Å². The SMILES string of the molecule is NC1CCCC(C(=O)Cc2csnn2)C1. The van der Waals surface area contributed by atoms with Crippen molar-refractivity contribution in [2.75, 3.05) is 0 Å². The molecular formula is C10H15N3OS. The first-order valence-electron chi connectivity index (χ1n) is 5.30. The summed E-state index contributed by atoms with van der Waals surface area (Å²) in [6.07, 6.45) is 4.39. The molecule has 0 bridgehead atoms. The first-order valence-corrected chi connectivity index (χ1v) is 6.13. The van der Waals surface area contributed by atoms with E-state index in [9.17, 15) is 4.79 Å². The number of ketones is 1. The Hall–Kier alpha value is -0.810. The number of hydrogen-bond acceptors (Lipinski definition) is 5. The first-order chi connectivity index (χ1) is 7.25. The van der Waals surface area contributed by atoms with Crippen molar-refractivity contribution in [3.05, 3.63) is 11.1 Å². The fourth-order valence-electron chi connectivity index (χ4n) is 2.10. The standard InChI is InChI=1S/C10H15N3OS/c11-8-3-1-2-7(4-8)10(14)5-9-6-15-13-12-9/h6-8H,1-5,11H2. The molecule has 0 aromatic carbocycles. The number of hydrogen-bond donors (Lipinski definition) is 1. The molecule has 15 heavy (non-hydrogen) atoms. The molecule has 0 radical (unpaired) electrons. The molecule has 1 saturated carbocycles. The molecular weight excluding hydrogens is 210 g/mol. The average Bonchev–Trinajstić information content (AvgIpc) is 2.70. The van der Waals surface area contributed by atoms with Crippen molar-refractivity contribution in [2.45, 2.75) is 38.1 Å². The number of nitrogens with zero attached hydrogens (tertiary/aromatic N) is 2. The number of rotatable bonds is 3. The summed E-state index contributed by atoms with van der Waals surface area (Å²) in [5.41, 5.74) is 6.65. The van der Waals surface area contributed by atoms with Crippen molar-refractivity contribution in [2.24, 2.45) is 11.7 Å². The van der Waals surface area contributed by atoms with Gasteiger partial charge in [-0.15, -0.1) is 5.10 Å². The molecule has 0 spiro atoms. The molecule has 2 rings (SSSR count). The van der Waals surface area contributed by atoms with Crippen LogP contribution in [0.5, 0.6) is 0 Å². The van der Waals surface area contributed by atoms with Crippen LogP contribution in [0.3, 0.4) is 0 Å². The third-order valence-electron chi connectivity index (χ3n) is 2.93. The second-order valence-electron chi connectivity index (χ2n) is 4.16. The van der Waals surface area contributed by atoms with Crippen molar-refractivity contribution in [3.8, 4) is 0 Å². The van der Waals surface area contributed by atoms with E-state index in [1.54, 1.807) is 0 Å². The predicted octanol–water partition coefficient (Wildman–Crippen LogP) is 1.17. The van der Waals surface area contributed by atoms with E-state index in [2.05, 4.69) is 9.59 Å². The van der Waals surface area contributed by atoms with Crippen LogP contribution in [0.2, 0.25) is 0 Å². The summed E-state index contributed by atoms with van der Waals surface area (Å²) in [7, 11) is 0. The first kappa shape index (κ1) is 10.7. The lowest BCUT2D eigenvalue weighted by Gasteiger charge is -2.25. The minimum atomic E-state index is 0.149. The number of Topliss-reactive ketones (excluding diaryl/α,β-unsaturated/α-hetero) is 1. The van der Waals surface area contributed by atoms with Crippen molar-refractivity contribution in [1.29, 1.82) is 0 Å². The molecule has 0 amide bonds. The van der Waals surface area contributed by atoms with Crippen LogP contribution in [0, 0.1) is 5.92 Å². The molecule has 1 fully saturated rings. The summed E-state index contributed by atoms with van der Waals surface area (Å²) in [5, 5.41) is 5.72. The molecule has 1 aliphatic carbocycles. The molecule has 1 aliphatic rings. The smallest absolute Gasteiger partial charge is 0.142 e.